The third-order valence-corrected chi connectivity index (χ3v) is 11.7. The Morgan fingerprint density at radius 3 is 2.56 bits per heavy atom. The standard InChI is InChI=1S/C26H30N4O4/c31-23(32)21-20-16(24(34-20)4-2-1-3-5-24)19(33-21)15-10-27-18-17(15)28-11-29-22(18)30-25-8-13-6-12-7-14(9-25)26(12,13)25/h10-16,19-21H,1-9H2,(H,31,32)(H,28,29,30)/t12?,13?,14?,15?,16?,19-,20+,21-,25?,26?/m0/s1. The number of aromatic nitrogens is 2. The molecule has 0 bridgehead atoms. The quantitative estimate of drug-likeness (QED) is 0.706. The highest BCUT2D eigenvalue weighted by molar-refractivity contribution is 5.85. The molecular weight excluding hydrogens is 432 g/mol. The van der Waals surface area contributed by atoms with Crippen molar-refractivity contribution in [2.45, 2.75) is 93.2 Å². The van der Waals surface area contributed by atoms with Crippen molar-refractivity contribution in [3.8, 4) is 0 Å². The van der Waals surface area contributed by atoms with Crippen LogP contribution in [0.25, 0.3) is 0 Å². The minimum Gasteiger partial charge on any atom is -0.479 e. The van der Waals surface area contributed by atoms with Crippen molar-refractivity contribution in [3.05, 3.63) is 12.0 Å². The van der Waals surface area contributed by atoms with E-state index in [1.165, 1.54) is 32.1 Å². The van der Waals surface area contributed by atoms with E-state index in [4.69, 9.17) is 14.5 Å². The number of aliphatic carboxylic acids is 1. The monoisotopic (exact) mass is 462 g/mol. The lowest BCUT2D eigenvalue weighted by Crippen LogP contribution is -2.91. The van der Waals surface area contributed by atoms with E-state index in [1.54, 1.807) is 6.33 Å². The topological polar surface area (TPSA) is 106 Å². The highest BCUT2D eigenvalue weighted by atomic mass is 16.6. The Kier molecular flexibility index (Phi) is 3.29. The zero-order chi connectivity index (χ0) is 22.4. The Hall–Kier alpha value is -2.06. The first-order chi connectivity index (χ1) is 16.6. The van der Waals surface area contributed by atoms with E-state index < -0.39 is 12.1 Å². The first kappa shape index (κ1) is 19.2. The Morgan fingerprint density at radius 2 is 1.85 bits per heavy atom. The Bertz CT molecular complexity index is 1140. The van der Waals surface area contributed by atoms with Crippen LogP contribution in [0.4, 0.5) is 11.5 Å². The molecule has 8 nitrogen and oxygen atoms in total. The summed E-state index contributed by atoms with van der Waals surface area (Å²) in [6.45, 7) is 0. The van der Waals surface area contributed by atoms with Gasteiger partial charge in [-0.3, -0.25) is 4.99 Å². The maximum absolute atomic E-state index is 12.0. The molecule has 7 atom stereocenters. The van der Waals surface area contributed by atoms with Gasteiger partial charge in [0.05, 0.1) is 23.3 Å². The van der Waals surface area contributed by atoms with E-state index in [0.717, 1.165) is 60.6 Å². The van der Waals surface area contributed by atoms with Gasteiger partial charge in [-0.1, -0.05) is 19.3 Å². The van der Waals surface area contributed by atoms with E-state index in [9.17, 15) is 9.90 Å². The summed E-state index contributed by atoms with van der Waals surface area (Å²) in [4.78, 5) is 26.1. The summed E-state index contributed by atoms with van der Waals surface area (Å²) < 4.78 is 12.6. The second kappa shape index (κ2) is 5.84. The number of anilines is 1. The van der Waals surface area contributed by atoms with Crippen LogP contribution in [0.2, 0.25) is 0 Å². The van der Waals surface area contributed by atoms with Gasteiger partial charge < -0.3 is 19.9 Å². The number of carbonyl (C=O) groups is 1. The van der Waals surface area contributed by atoms with Crippen molar-refractivity contribution in [1.82, 2.24) is 9.97 Å². The van der Waals surface area contributed by atoms with E-state index in [-0.39, 0.29) is 35.2 Å². The second-order valence-electron chi connectivity index (χ2n) is 12.5. The Labute approximate surface area is 197 Å². The van der Waals surface area contributed by atoms with Crippen LogP contribution in [-0.2, 0) is 14.3 Å². The van der Waals surface area contributed by atoms with E-state index >= 15 is 0 Å². The number of nitrogens with zero attached hydrogens (tertiary/aromatic N) is 3. The molecule has 0 amide bonds. The summed E-state index contributed by atoms with van der Waals surface area (Å²) in [5, 5.41) is 13.7. The zero-order valence-corrected chi connectivity index (χ0v) is 19.2. The highest BCUT2D eigenvalue weighted by Crippen LogP contribution is 2.89. The van der Waals surface area contributed by atoms with E-state index in [2.05, 4.69) is 15.3 Å². The molecule has 4 unspecified atom stereocenters. The van der Waals surface area contributed by atoms with Crippen LogP contribution < -0.4 is 5.32 Å². The maximum Gasteiger partial charge on any atom is 0.335 e. The van der Waals surface area contributed by atoms with Crippen LogP contribution in [0.5, 0.6) is 0 Å². The molecule has 5 aliphatic carbocycles. The number of ether oxygens (including phenoxy) is 2. The van der Waals surface area contributed by atoms with Gasteiger partial charge in [-0.25, -0.2) is 14.8 Å². The number of nitrogens with one attached hydrogen (secondary N) is 1. The molecule has 0 aromatic carbocycles. The SMILES string of the molecule is O=C(O)[C@H]1O[C@@H](C2C=Nc3c(NC45CC6CC7CC(C4)C765)ncnc32)C2[C@H]1OC21CCCCC1. The number of hydrogen-bond acceptors (Lipinski definition) is 7. The smallest absolute Gasteiger partial charge is 0.335 e. The predicted octanol–water partition coefficient (Wildman–Crippen LogP) is 3.45. The summed E-state index contributed by atoms with van der Waals surface area (Å²) >= 11 is 0. The minimum absolute atomic E-state index is 0.0747. The summed E-state index contributed by atoms with van der Waals surface area (Å²) in [6.07, 6.45) is 12.9. The number of fused-ring (bicyclic) bond motifs is 3. The molecule has 2 spiro atoms. The largest absolute Gasteiger partial charge is 0.479 e. The molecule has 1 aromatic rings. The lowest BCUT2D eigenvalue weighted by molar-refractivity contribution is -0.379. The molecule has 3 aliphatic heterocycles. The lowest BCUT2D eigenvalue weighted by Gasteiger charge is -2.91. The average Bonchev–Trinajstić information content (AvgIpc) is 3.34. The molecule has 9 rings (SSSR count). The van der Waals surface area contributed by atoms with Crippen molar-refractivity contribution in [2.24, 2.45) is 34.1 Å². The molecule has 2 N–H and O–H groups in total. The van der Waals surface area contributed by atoms with Gasteiger partial charge in [0.15, 0.2) is 11.9 Å². The third-order valence-electron chi connectivity index (χ3n) is 11.7. The molecular formula is C26H30N4O4. The minimum atomic E-state index is -0.934. The molecule has 8 aliphatic rings. The number of aliphatic imine (C=N–C) groups is 1. The van der Waals surface area contributed by atoms with Crippen LogP contribution in [-0.4, -0.2) is 56.7 Å². The fourth-order valence-corrected chi connectivity index (χ4v) is 10.5. The summed E-state index contributed by atoms with van der Waals surface area (Å²) in [7, 11) is 0. The Morgan fingerprint density at radius 1 is 1.06 bits per heavy atom. The van der Waals surface area contributed by atoms with Crippen LogP contribution >= 0.6 is 0 Å². The number of carboxylic acids is 1. The summed E-state index contributed by atoms with van der Waals surface area (Å²) in [5.74, 6) is 2.61. The van der Waals surface area contributed by atoms with Gasteiger partial charge >= 0.3 is 5.97 Å². The molecule has 8 heteroatoms. The van der Waals surface area contributed by atoms with Crippen LogP contribution in [0.15, 0.2) is 11.3 Å². The fourth-order valence-electron chi connectivity index (χ4n) is 10.5. The lowest BCUT2D eigenvalue weighted by atomic mass is 9.15. The molecule has 178 valence electrons. The van der Waals surface area contributed by atoms with Gasteiger partial charge in [0.2, 0.25) is 0 Å². The summed E-state index contributed by atoms with van der Waals surface area (Å²) in [5.41, 5.74) is 2.24. The third kappa shape index (κ3) is 1.87. The van der Waals surface area contributed by atoms with Gasteiger partial charge in [-0.15, -0.1) is 0 Å². The van der Waals surface area contributed by atoms with Crippen LogP contribution in [0.1, 0.15) is 69.4 Å². The van der Waals surface area contributed by atoms with Crippen molar-refractivity contribution in [1.29, 1.82) is 0 Å². The van der Waals surface area contributed by atoms with Crippen LogP contribution in [0, 0.1) is 29.1 Å². The molecule has 5 saturated carbocycles. The highest BCUT2D eigenvalue weighted by Gasteiger charge is 2.88. The first-order valence-corrected chi connectivity index (χ1v) is 13.3. The van der Waals surface area contributed by atoms with Gasteiger partial charge in [-0.05, 0) is 56.3 Å². The van der Waals surface area contributed by atoms with E-state index in [1.807, 2.05) is 6.21 Å². The predicted molar refractivity (Wildman–Crippen MR) is 121 cm³/mol. The molecule has 1 aromatic heterocycles. The maximum atomic E-state index is 12.0. The van der Waals surface area contributed by atoms with Crippen LogP contribution in [0.3, 0.4) is 0 Å². The Balaban J connectivity index is 1.04. The number of carboxylic acid groups (broad SMARTS) is 1. The van der Waals surface area contributed by atoms with Gasteiger partial charge in [0, 0.05) is 23.1 Å². The molecule has 2 saturated heterocycles. The first-order valence-electron chi connectivity index (χ1n) is 13.3. The molecule has 4 heterocycles. The molecule has 7 fully saturated rings. The second-order valence-corrected chi connectivity index (χ2v) is 12.5. The number of rotatable bonds is 4. The van der Waals surface area contributed by atoms with Crippen molar-refractivity contribution in [3.63, 3.8) is 0 Å². The van der Waals surface area contributed by atoms with Gasteiger partial charge in [-0.2, -0.15) is 0 Å². The van der Waals surface area contributed by atoms with Crippen molar-refractivity contribution in [2.75, 3.05) is 5.32 Å². The fraction of sp³-hybridized carbons (Fsp3) is 0.769. The zero-order valence-electron chi connectivity index (χ0n) is 19.2. The molecule has 0 radical (unpaired) electrons. The average molecular weight is 463 g/mol. The van der Waals surface area contributed by atoms with Gasteiger partial charge in [0.1, 0.15) is 18.1 Å². The van der Waals surface area contributed by atoms with Gasteiger partial charge in [0.25, 0.3) is 0 Å². The molecule has 34 heavy (non-hydrogen) atoms. The normalized spacial score (nSPS) is 51.4. The van der Waals surface area contributed by atoms with Crippen molar-refractivity contribution < 1.29 is 19.4 Å². The van der Waals surface area contributed by atoms with E-state index in [0.29, 0.717) is 5.41 Å². The number of hydrogen-bond donors (Lipinski definition) is 2. The summed E-state index contributed by atoms with van der Waals surface area (Å²) in [6, 6.07) is 0. The van der Waals surface area contributed by atoms with Crippen molar-refractivity contribution >= 4 is 23.7 Å².